The lowest BCUT2D eigenvalue weighted by Crippen LogP contribution is -2.18. The summed E-state index contributed by atoms with van der Waals surface area (Å²) in [6.45, 7) is 0. The van der Waals surface area contributed by atoms with Crippen molar-refractivity contribution in [3.05, 3.63) is 5.82 Å². The van der Waals surface area contributed by atoms with Crippen molar-refractivity contribution >= 4 is 28.3 Å². The van der Waals surface area contributed by atoms with Gasteiger partial charge in [0, 0.05) is 11.5 Å². The van der Waals surface area contributed by atoms with Crippen LogP contribution in [0, 0.1) is 0 Å². The van der Waals surface area contributed by atoms with Crippen molar-refractivity contribution < 1.29 is 14.7 Å². The molecule has 0 aliphatic heterocycles. The van der Waals surface area contributed by atoms with Gasteiger partial charge in [0.25, 0.3) is 0 Å². The highest BCUT2D eigenvalue weighted by Crippen LogP contribution is 2.07. The van der Waals surface area contributed by atoms with E-state index in [1.165, 1.54) is 0 Å². The van der Waals surface area contributed by atoms with Crippen LogP contribution in [0.3, 0.4) is 0 Å². The summed E-state index contributed by atoms with van der Waals surface area (Å²) in [6.07, 6.45) is 0. The van der Waals surface area contributed by atoms with E-state index >= 15 is 0 Å². The van der Waals surface area contributed by atoms with Gasteiger partial charge in [0.1, 0.15) is 0 Å². The van der Waals surface area contributed by atoms with Crippen LogP contribution in [0.1, 0.15) is 5.82 Å². The summed E-state index contributed by atoms with van der Waals surface area (Å²) in [4.78, 5) is 14.6. The maximum absolute atomic E-state index is 10.9. The molecule has 0 atom stereocenters. The Bertz CT molecular complexity index is 347. The van der Waals surface area contributed by atoms with E-state index in [2.05, 4.69) is 19.3 Å². The number of hydrogen-bond acceptors (Lipinski definition) is 8. The smallest absolute Gasteiger partial charge is 0.364 e. The van der Waals surface area contributed by atoms with Crippen LogP contribution < -0.4 is 5.73 Å². The molecule has 70 valence electrons. The van der Waals surface area contributed by atoms with Gasteiger partial charge in [0.2, 0.25) is 11.5 Å². The molecule has 7 nitrogen and oxygen atoms in total. The highest BCUT2D eigenvalue weighted by molar-refractivity contribution is 7.09. The van der Waals surface area contributed by atoms with E-state index in [0.29, 0.717) is 0 Å². The lowest BCUT2D eigenvalue weighted by Gasteiger charge is -1.95. The summed E-state index contributed by atoms with van der Waals surface area (Å²) in [5.41, 5.74) is 4.90. The molecule has 3 N–H and O–H groups in total. The molecular weight excluding hydrogens is 196 g/mol. The van der Waals surface area contributed by atoms with Crippen molar-refractivity contribution in [2.24, 2.45) is 5.16 Å². The summed E-state index contributed by atoms with van der Waals surface area (Å²) in [5, 5.41) is 11.4. The molecule has 0 saturated carbocycles. The van der Waals surface area contributed by atoms with Crippen LogP contribution in [0.15, 0.2) is 5.16 Å². The molecular formula is C5H6N4O3S. The van der Waals surface area contributed by atoms with Crippen LogP contribution in [0.4, 0.5) is 5.13 Å². The fraction of sp³-hybridized carbons (Fsp3) is 0.200. The summed E-state index contributed by atoms with van der Waals surface area (Å²) >= 11 is 0.893. The lowest BCUT2D eigenvalue weighted by atomic mass is 10.4. The molecule has 1 aromatic heterocycles. The number of oxime groups is 1. The predicted molar refractivity (Wildman–Crippen MR) is 44.7 cm³/mol. The van der Waals surface area contributed by atoms with Gasteiger partial charge in [-0.2, -0.15) is 9.36 Å². The fourth-order valence-corrected chi connectivity index (χ4v) is 1.04. The average Bonchev–Trinajstić information content (AvgIpc) is 2.53. The molecule has 8 heteroatoms. The average molecular weight is 202 g/mol. The number of ether oxygens (including phenoxy) is 1. The standard InChI is InChI=1S/C5H6N4O3S/c1-12-4(10)2(8-11)3-7-5(6)13-9-3/h11H,1H3,(H2,6,7,9)/b8-2+. The largest absolute Gasteiger partial charge is 0.464 e. The third-order valence-corrected chi connectivity index (χ3v) is 1.67. The molecule has 0 saturated heterocycles. The Kier molecular flexibility index (Phi) is 2.75. The van der Waals surface area contributed by atoms with Gasteiger partial charge in [-0.1, -0.05) is 5.16 Å². The van der Waals surface area contributed by atoms with E-state index in [1.54, 1.807) is 0 Å². The summed E-state index contributed by atoms with van der Waals surface area (Å²) in [6, 6.07) is 0. The second kappa shape index (κ2) is 3.81. The van der Waals surface area contributed by atoms with Crippen LogP contribution in [0.25, 0.3) is 0 Å². The number of rotatable bonds is 2. The van der Waals surface area contributed by atoms with Crippen molar-refractivity contribution in [2.45, 2.75) is 0 Å². The zero-order valence-electron chi connectivity index (χ0n) is 6.59. The molecule has 0 unspecified atom stereocenters. The van der Waals surface area contributed by atoms with E-state index in [-0.39, 0.29) is 16.7 Å². The van der Waals surface area contributed by atoms with Crippen molar-refractivity contribution in [3.63, 3.8) is 0 Å². The highest BCUT2D eigenvalue weighted by Gasteiger charge is 2.19. The third-order valence-electron chi connectivity index (χ3n) is 1.13. The first-order chi connectivity index (χ1) is 6.19. The number of esters is 1. The third kappa shape index (κ3) is 1.90. The summed E-state index contributed by atoms with van der Waals surface area (Å²) in [5.74, 6) is -0.864. The topological polar surface area (TPSA) is 111 Å². The first-order valence-electron chi connectivity index (χ1n) is 3.09. The molecule has 0 aliphatic carbocycles. The first-order valence-corrected chi connectivity index (χ1v) is 3.86. The molecule has 0 radical (unpaired) electrons. The van der Waals surface area contributed by atoms with E-state index in [0.717, 1.165) is 18.6 Å². The fourth-order valence-electron chi connectivity index (χ4n) is 0.605. The van der Waals surface area contributed by atoms with Crippen molar-refractivity contribution in [3.8, 4) is 0 Å². The van der Waals surface area contributed by atoms with E-state index < -0.39 is 5.97 Å². The molecule has 1 rings (SSSR count). The van der Waals surface area contributed by atoms with Crippen LogP contribution in [-0.4, -0.2) is 33.4 Å². The van der Waals surface area contributed by atoms with Gasteiger partial charge >= 0.3 is 5.97 Å². The van der Waals surface area contributed by atoms with Gasteiger partial charge < -0.3 is 15.7 Å². The highest BCUT2D eigenvalue weighted by atomic mass is 32.1. The lowest BCUT2D eigenvalue weighted by molar-refractivity contribution is -0.132. The zero-order chi connectivity index (χ0) is 9.84. The van der Waals surface area contributed by atoms with Crippen molar-refractivity contribution in [1.82, 2.24) is 9.36 Å². The van der Waals surface area contributed by atoms with Crippen LogP contribution in [-0.2, 0) is 9.53 Å². The van der Waals surface area contributed by atoms with Gasteiger partial charge in [0.05, 0.1) is 7.11 Å². The number of carbonyl (C=O) groups is 1. The van der Waals surface area contributed by atoms with Gasteiger partial charge in [-0.25, -0.2) is 4.79 Å². The maximum atomic E-state index is 10.9. The van der Waals surface area contributed by atoms with Crippen molar-refractivity contribution in [1.29, 1.82) is 0 Å². The SMILES string of the molecule is COC(=O)/C(=N/O)c1nsc(N)n1. The number of nitrogens with two attached hydrogens (primary N) is 1. The summed E-state index contributed by atoms with van der Waals surface area (Å²) < 4.78 is 7.99. The molecule has 0 amide bonds. The number of aromatic nitrogens is 2. The minimum Gasteiger partial charge on any atom is -0.464 e. The van der Waals surface area contributed by atoms with E-state index in [1.807, 2.05) is 0 Å². The van der Waals surface area contributed by atoms with E-state index in [4.69, 9.17) is 10.9 Å². The van der Waals surface area contributed by atoms with Crippen LogP contribution in [0.2, 0.25) is 0 Å². The zero-order valence-corrected chi connectivity index (χ0v) is 7.41. The van der Waals surface area contributed by atoms with Crippen molar-refractivity contribution in [2.75, 3.05) is 12.8 Å². The molecule has 13 heavy (non-hydrogen) atoms. The molecule has 0 fully saturated rings. The quantitative estimate of drug-likeness (QED) is 0.288. The maximum Gasteiger partial charge on any atom is 0.364 e. The molecule has 0 bridgehead atoms. The number of carbonyl (C=O) groups excluding carboxylic acids is 1. The molecule has 0 aliphatic rings. The number of hydrogen-bond donors (Lipinski definition) is 2. The van der Waals surface area contributed by atoms with Gasteiger partial charge in [-0.05, 0) is 0 Å². The number of nitrogens with zero attached hydrogens (tertiary/aromatic N) is 3. The Hall–Kier alpha value is -1.70. The van der Waals surface area contributed by atoms with Gasteiger partial charge in [-0.15, -0.1) is 0 Å². The Labute approximate surface area is 77.0 Å². The molecule has 0 spiro atoms. The molecule has 1 heterocycles. The Balaban J connectivity index is 2.99. The predicted octanol–water partition coefficient (Wildman–Crippen LogP) is -0.528. The Morgan fingerprint density at radius 3 is 2.85 bits per heavy atom. The van der Waals surface area contributed by atoms with E-state index in [9.17, 15) is 4.79 Å². The first kappa shape index (κ1) is 9.39. The monoisotopic (exact) mass is 202 g/mol. The van der Waals surface area contributed by atoms with Gasteiger partial charge in [-0.3, -0.25) is 0 Å². The number of methoxy groups -OCH3 is 1. The van der Waals surface area contributed by atoms with Crippen LogP contribution >= 0.6 is 11.5 Å². The normalized spacial score (nSPS) is 11.3. The second-order valence-electron chi connectivity index (χ2n) is 1.90. The summed E-state index contributed by atoms with van der Waals surface area (Å²) in [7, 11) is 1.16. The molecule has 0 aromatic carbocycles. The van der Waals surface area contributed by atoms with Crippen LogP contribution in [0.5, 0.6) is 0 Å². The number of anilines is 1. The van der Waals surface area contributed by atoms with Gasteiger partial charge in [0.15, 0.2) is 5.13 Å². The second-order valence-corrected chi connectivity index (χ2v) is 2.68. The Morgan fingerprint density at radius 2 is 2.46 bits per heavy atom. The molecule has 1 aromatic rings. The number of nitrogen functional groups attached to an aromatic ring is 1. The Morgan fingerprint density at radius 1 is 1.77 bits per heavy atom. The minimum absolute atomic E-state index is 0.0446. The minimum atomic E-state index is -0.819.